The Morgan fingerprint density at radius 2 is 2.12 bits per heavy atom. The highest BCUT2D eigenvalue weighted by atomic mass is 35.5. The molecule has 3 heterocycles. The van der Waals surface area contributed by atoms with Gasteiger partial charge in [-0.1, -0.05) is 30.3 Å². The highest BCUT2D eigenvalue weighted by Gasteiger charge is 2.22. The maximum atomic E-state index is 12.5. The Morgan fingerprint density at radius 3 is 2.77 bits per heavy atom. The van der Waals surface area contributed by atoms with Gasteiger partial charge in [0.15, 0.2) is 5.16 Å². The minimum atomic E-state index is -0.218. The second-order valence-corrected chi connectivity index (χ2v) is 8.86. The molecule has 1 saturated heterocycles. The smallest absolute Gasteiger partial charge is 0.339 e. The lowest BCUT2D eigenvalue weighted by molar-refractivity contribution is -0.130. The quantitative estimate of drug-likeness (QED) is 0.701. The van der Waals surface area contributed by atoms with Crippen LogP contribution in [0.1, 0.15) is 18.2 Å². The second kappa shape index (κ2) is 9.07. The van der Waals surface area contributed by atoms with Gasteiger partial charge in [0.1, 0.15) is 0 Å². The molecule has 1 aliphatic rings. The normalized spacial score (nSPS) is 15.5. The lowest BCUT2D eigenvalue weighted by Crippen LogP contribution is -2.48. The first-order valence-corrected chi connectivity index (χ1v) is 10.8. The van der Waals surface area contributed by atoms with Gasteiger partial charge in [-0.05, 0) is 18.6 Å². The zero-order chi connectivity index (χ0) is 18.5. The first-order valence-electron chi connectivity index (χ1n) is 8.59. The SMILES string of the molecule is CCCn1c(SCC(=O)N2CCN(Cc3ccc(Cl)s3)CC2)n[nH]c1=O. The molecule has 0 bridgehead atoms. The van der Waals surface area contributed by atoms with Crippen LogP contribution in [0.4, 0.5) is 0 Å². The van der Waals surface area contributed by atoms with E-state index in [2.05, 4.69) is 21.2 Å². The van der Waals surface area contributed by atoms with Crippen molar-refractivity contribution in [2.75, 3.05) is 31.9 Å². The van der Waals surface area contributed by atoms with Gasteiger partial charge >= 0.3 is 5.69 Å². The van der Waals surface area contributed by atoms with Gasteiger partial charge < -0.3 is 4.90 Å². The zero-order valence-corrected chi connectivity index (χ0v) is 17.0. The molecule has 142 valence electrons. The fourth-order valence-electron chi connectivity index (χ4n) is 2.86. The molecule has 0 aliphatic carbocycles. The number of H-pyrrole nitrogens is 1. The van der Waals surface area contributed by atoms with Crippen LogP contribution in [0, 0.1) is 0 Å². The Morgan fingerprint density at radius 1 is 1.35 bits per heavy atom. The monoisotopic (exact) mass is 415 g/mol. The number of hydrogen-bond acceptors (Lipinski definition) is 6. The molecular weight excluding hydrogens is 394 g/mol. The zero-order valence-electron chi connectivity index (χ0n) is 14.6. The van der Waals surface area contributed by atoms with E-state index in [9.17, 15) is 9.59 Å². The van der Waals surface area contributed by atoms with Crippen LogP contribution < -0.4 is 5.69 Å². The number of hydrogen-bond donors (Lipinski definition) is 1. The number of nitrogens with one attached hydrogen (secondary N) is 1. The molecule has 0 aromatic carbocycles. The van der Waals surface area contributed by atoms with E-state index in [1.54, 1.807) is 15.9 Å². The molecule has 1 N–H and O–H groups in total. The van der Waals surface area contributed by atoms with Crippen molar-refractivity contribution in [2.24, 2.45) is 0 Å². The van der Waals surface area contributed by atoms with E-state index < -0.39 is 0 Å². The molecule has 3 rings (SSSR count). The van der Waals surface area contributed by atoms with Crippen molar-refractivity contribution < 1.29 is 4.79 Å². The Kier molecular flexibility index (Phi) is 6.80. The summed E-state index contributed by atoms with van der Waals surface area (Å²) in [6.45, 7) is 6.65. The number of thioether (sulfide) groups is 1. The first kappa shape index (κ1) is 19.5. The van der Waals surface area contributed by atoms with Crippen molar-refractivity contribution >= 4 is 40.6 Å². The summed E-state index contributed by atoms with van der Waals surface area (Å²) in [5.41, 5.74) is -0.218. The van der Waals surface area contributed by atoms with E-state index in [0.29, 0.717) is 17.5 Å². The van der Waals surface area contributed by atoms with Crippen LogP contribution in [0.5, 0.6) is 0 Å². The van der Waals surface area contributed by atoms with Crippen LogP contribution in [0.25, 0.3) is 0 Å². The number of thiophene rings is 1. The van der Waals surface area contributed by atoms with Gasteiger partial charge in [-0.3, -0.25) is 14.3 Å². The molecule has 2 aromatic rings. The Hall–Kier alpha value is -1.29. The molecule has 1 amide bonds. The number of aromatic nitrogens is 3. The molecule has 1 fully saturated rings. The summed E-state index contributed by atoms with van der Waals surface area (Å²) >= 11 is 8.90. The van der Waals surface area contributed by atoms with Crippen molar-refractivity contribution in [1.29, 1.82) is 0 Å². The molecule has 1 aliphatic heterocycles. The number of rotatable bonds is 7. The van der Waals surface area contributed by atoms with E-state index >= 15 is 0 Å². The van der Waals surface area contributed by atoms with E-state index in [4.69, 9.17) is 11.6 Å². The van der Waals surface area contributed by atoms with E-state index in [1.807, 2.05) is 17.9 Å². The number of carbonyl (C=O) groups is 1. The minimum absolute atomic E-state index is 0.0901. The maximum absolute atomic E-state index is 12.5. The summed E-state index contributed by atoms with van der Waals surface area (Å²) in [4.78, 5) is 29.6. The molecule has 0 spiro atoms. The van der Waals surface area contributed by atoms with E-state index in [0.717, 1.165) is 43.5 Å². The van der Waals surface area contributed by atoms with Crippen molar-refractivity contribution in [2.45, 2.75) is 31.6 Å². The van der Waals surface area contributed by atoms with Crippen LogP contribution in [0.3, 0.4) is 0 Å². The number of carbonyl (C=O) groups excluding carboxylic acids is 1. The molecule has 2 aromatic heterocycles. The lowest BCUT2D eigenvalue weighted by Gasteiger charge is -2.34. The van der Waals surface area contributed by atoms with Gasteiger partial charge in [0.2, 0.25) is 5.91 Å². The number of piperazine rings is 1. The number of halogens is 1. The standard InChI is InChI=1S/C16H22ClN5O2S2/c1-2-5-22-15(24)18-19-16(22)25-11-14(23)21-8-6-20(7-9-21)10-12-3-4-13(17)26-12/h3-4H,2,5-11H2,1H3,(H,18,24). The van der Waals surface area contributed by atoms with Gasteiger partial charge in [-0.25, -0.2) is 9.89 Å². The predicted molar refractivity (Wildman–Crippen MR) is 105 cm³/mol. The van der Waals surface area contributed by atoms with Crippen LogP contribution >= 0.6 is 34.7 Å². The second-order valence-electron chi connectivity index (χ2n) is 6.11. The third kappa shape index (κ3) is 4.91. The largest absolute Gasteiger partial charge is 0.343 e. The van der Waals surface area contributed by atoms with Crippen molar-refractivity contribution in [3.05, 3.63) is 31.8 Å². The van der Waals surface area contributed by atoms with Crippen LogP contribution in [-0.4, -0.2) is 62.4 Å². The lowest BCUT2D eigenvalue weighted by atomic mass is 10.3. The molecule has 0 radical (unpaired) electrons. The molecule has 7 nitrogen and oxygen atoms in total. The molecule has 0 unspecified atom stereocenters. The third-order valence-corrected chi connectivity index (χ3v) is 6.41. The average molecular weight is 416 g/mol. The summed E-state index contributed by atoms with van der Waals surface area (Å²) in [5, 5.41) is 7.05. The Balaban J connectivity index is 1.46. The van der Waals surface area contributed by atoms with Gasteiger partial charge in [0.25, 0.3) is 0 Å². The molecule has 0 atom stereocenters. The number of aromatic amines is 1. The Bertz CT molecular complexity index is 795. The van der Waals surface area contributed by atoms with Gasteiger partial charge in [-0.2, -0.15) is 0 Å². The van der Waals surface area contributed by atoms with Crippen LogP contribution in [-0.2, 0) is 17.9 Å². The summed E-state index contributed by atoms with van der Waals surface area (Å²) < 4.78 is 2.40. The predicted octanol–water partition coefficient (Wildman–Crippen LogP) is 2.13. The fourth-order valence-corrected chi connectivity index (χ4v) is 4.87. The minimum Gasteiger partial charge on any atom is -0.339 e. The molecule has 10 heteroatoms. The average Bonchev–Trinajstić information content (AvgIpc) is 3.20. The number of nitrogens with zero attached hydrogens (tertiary/aromatic N) is 4. The molecule has 0 saturated carbocycles. The molecule has 26 heavy (non-hydrogen) atoms. The van der Waals surface area contributed by atoms with Crippen molar-refractivity contribution in [1.82, 2.24) is 24.6 Å². The van der Waals surface area contributed by atoms with Gasteiger partial charge in [0, 0.05) is 44.1 Å². The van der Waals surface area contributed by atoms with E-state index in [1.165, 1.54) is 16.6 Å². The topological polar surface area (TPSA) is 74.2 Å². The van der Waals surface area contributed by atoms with Gasteiger partial charge in [-0.15, -0.1) is 16.4 Å². The first-order chi connectivity index (χ1) is 12.6. The summed E-state index contributed by atoms with van der Waals surface area (Å²) in [6.07, 6.45) is 0.846. The van der Waals surface area contributed by atoms with Crippen molar-refractivity contribution in [3.8, 4) is 0 Å². The summed E-state index contributed by atoms with van der Waals surface area (Å²) in [6, 6.07) is 3.98. The van der Waals surface area contributed by atoms with Crippen molar-refractivity contribution in [3.63, 3.8) is 0 Å². The number of amides is 1. The highest BCUT2D eigenvalue weighted by Crippen LogP contribution is 2.23. The van der Waals surface area contributed by atoms with E-state index in [-0.39, 0.29) is 11.6 Å². The third-order valence-electron chi connectivity index (χ3n) is 4.23. The fraction of sp³-hybridized carbons (Fsp3) is 0.562. The van der Waals surface area contributed by atoms with Crippen LogP contribution in [0.15, 0.2) is 22.1 Å². The summed E-state index contributed by atoms with van der Waals surface area (Å²) in [7, 11) is 0. The van der Waals surface area contributed by atoms with Crippen LogP contribution in [0.2, 0.25) is 4.34 Å². The summed E-state index contributed by atoms with van der Waals surface area (Å²) in [5.74, 6) is 0.390. The van der Waals surface area contributed by atoms with Gasteiger partial charge in [0.05, 0.1) is 10.1 Å². The molecular formula is C16H22ClN5O2S2. The highest BCUT2D eigenvalue weighted by molar-refractivity contribution is 7.99. The maximum Gasteiger partial charge on any atom is 0.343 e. The Labute approximate surface area is 165 Å².